The van der Waals surface area contributed by atoms with Crippen molar-refractivity contribution in [2.24, 2.45) is 0 Å². The SMILES string of the molecule is Cc1ccc(/C=C/CN2CCc3c(c4cc(F)c(OC(F)(F)F)cc4n3C(=O)NCc3ccnc(Cl)c3)C2)cc1. The Morgan fingerprint density at radius 3 is 2.67 bits per heavy atom. The first-order valence-corrected chi connectivity index (χ1v) is 12.9. The van der Waals surface area contributed by atoms with Crippen LogP contribution in [0.5, 0.6) is 5.75 Å². The zero-order valence-corrected chi connectivity index (χ0v) is 22.2. The molecule has 0 atom stereocenters. The highest BCUT2D eigenvalue weighted by Crippen LogP contribution is 2.36. The molecule has 0 spiro atoms. The van der Waals surface area contributed by atoms with Crippen LogP contribution >= 0.6 is 11.6 Å². The van der Waals surface area contributed by atoms with E-state index in [4.69, 9.17) is 11.6 Å². The molecule has 2 aromatic heterocycles. The summed E-state index contributed by atoms with van der Waals surface area (Å²) < 4.78 is 58.9. The van der Waals surface area contributed by atoms with Gasteiger partial charge >= 0.3 is 12.4 Å². The highest BCUT2D eigenvalue weighted by Gasteiger charge is 2.34. The van der Waals surface area contributed by atoms with Crippen LogP contribution in [-0.4, -0.2) is 39.9 Å². The summed E-state index contributed by atoms with van der Waals surface area (Å²) in [6, 6.07) is 12.8. The van der Waals surface area contributed by atoms with Gasteiger partial charge in [0.15, 0.2) is 11.6 Å². The number of hydrogen-bond donors (Lipinski definition) is 1. The minimum atomic E-state index is -5.09. The molecule has 1 aliphatic heterocycles. The number of alkyl halides is 3. The number of hydrogen-bond acceptors (Lipinski definition) is 4. The second kappa shape index (κ2) is 11.3. The van der Waals surface area contributed by atoms with Crippen LogP contribution in [0.1, 0.15) is 27.9 Å². The lowest BCUT2D eigenvalue weighted by Gasteiger charge is -2.27. The van der Waals surface area contributed by atoms with Crippen molar-refractivity contribution in [2.75, 3.05) is 13.1 Å². The van der Waals surface area contributed by atoms with Crippen molar-refractivity contribution in [3.63, 3.8) is 0 Å². The average Bonchev–Trinajstić information content (AvgIpc) is 3.20. The highest BCUT2D eigenvalue weighted by atomic mass is 35.5. The third-order valence-corrected chi connectivity index (χ3v) is 6.90. The fraction of sp³-hybridized carbons (Fsp3) is 0.241. The Morgan fingerprint density at radius 1 is 1.18 bits per heavy atom. The summed E-state index contributed by atoms with van der Waals surface area (Å²) in [4.78, 5) is 19.4. The van der Waals surface area contributed by atoms with Crippen LogP contribution in [0.25, 0.3) is 17.0 Å². The van der Waals surface area contributed by atoms with Gasteiger partial charge in [-0.05, 0) is 41.8 Å². The largest absolute Gasteiger partial charge is 0.573 e. The topological polar surface area (TPSA) is 59.4 Å². The molecule has 1 aliphatic rings. The zero-order valence-electron chi connectivity index (χ0n) is 21.4. The van der Waals surface area contributed by atoms with Gasteiger partial charge in [0.05, 0.1) is 5.52 Å². The molecule has 1 amide bonds. The molecule has 2 aromatic carbocycles. The van der Waals surface area contributed by atoms with Crippen LogP contribution in [0, 0.1) is 12.7 Å². The van der Waals surface area contributed by atoms with Crippen LogP contribution in [0.3, 0.4) is 0 Å². The molecule has 0 aliphatic carbocycles. The summed E-state index contributed by atoms with van der Waals surface area (Å²) >= 11 is 5.93. The smallest absolute Gasteiger partial charge is 0.403 e. The van der Waals surface area contributed by atoms with E-state index in [1.165, 1.54) is 16.3 Å². The summed E-state index contributed by atoms with van der Waals surface area (Å²) in [6.07, 6.45) is 0.889. The van der Waals surface area contributed by atoms with Gasteiger partial charge in [-0.3, -0.25) is 9.47 Å². The maximum Gasteiger partial charge on any atom is 0.573 e. The van der Waals surface area contributed by atoms with Gasteiger partial charge < -0.3 is 10.1 Å². The van der Waals surface area contributed by atoms with E-state index < -0.39 is 24.0 Å². The van der Waals surface area contributed by atoms with Crippen molar-refractivity contribution in [3.05, 3.63) is 99.7 Å². The first-order chi connectivity index (χ1) is 19.1. The number of aromatic nitrogens is 2. The number of ether oxygens (including phenoxy) is 1. The minimum Gasteiger partial charge on any atom is -0.403 e. The van der Waals surface area contributed by atoms with E-state index in [9.17, 15) is 22.4 Å². The highest BCUT2D eigenvalue weighted by molar-refractivity contribution is 6.29. The predicted molar refractivity (Wildman–Crippen MR) is 145 cm³/mol. The van der Waals surface area contributed by atoms with Crippen molar-refractivity contribution in [1.29, 1.82) is 0 Å². The molecule has 6 nitrogen and oxygen atoms in total. The number of benzene rings is 2. The molecule has 4 aromatic rings. The van der Waals surface area contributed by atoms with E-state index in [0.717, 1.165) is 17.7 Å². The monoisotopic (exact) mass is 572 g/mol. The van der Waals surface area contributed by atoms with Gasteiger partial charge in [-0.15, -0.1) is 13.2 Å². The first-order valence-electron chi connectivity index (χ1n) is 12.5. The van der Waals surface area contributed by atoms with Crippen molar-refractivity contribution in [1.82, 2.24) is 19.8 Å². The van der Waals surface area contributed by atoms with E-state index in [0.29, 0.717) is 48.3 Å². The number of amides is 1. The molecular weight excluding hydrogens is 548 g/mol. The van der Waals surface area contributed by atoms with Crippen LogP contribution in [0.2, 0.25) is 5.15 Å². The Bertz CT molecular complexity index is 1580. The standard InChI is InChI=1S/C29H25ClF4N4O2/c1-18-4-6-19(7-5-18)3-2-11-37-12-9-24-22(17-37)21-14-23(31)26(40-29(32,33)34)15-25(21)38(24)28(39)36-16-20-8-10-35-27(30)13-20/h2-8,10,13-15H,9,11-12,16-17H2,1H3,(H,36,39)/b3-2+. The Kier molecular flexibility index (Phi) is 7.82. The maximum atomic E-state index is 14.8. The van der Waals surface area contributed by atoms with E-state index in [2.05, 4.69) is 19.9 Å². The molecule has 40 heavy (non-hydrogen) atoms. The van der Waals surface area contributed by atoms with Gasteiger partial charge in [0.2, 0.25) is 0 Å². The number of carbonyl (C=O) groups is 1. The fourth-order valence-electron chi connectivity index (χ4n) is 4.83. The lowest BCUT2D eigenvalue weighted by atomic mass is 10.0. The molecular formula is C29H25ClF4N4O2. The molecule has 0 unspecified atom stereocenters. The zero-order chi connectivity index (χ0) is 28.4. The predicted octanol–water partition coefficient (Wildman–Crippen LogP) is 6.87. The molecule has 1 N–H and O–H groups in total. The molecule has 0 fully saturated rings. The third-order valence-electron chi connectivity index (χ3n) is 6.70. The molecule has 0 saturated carbocycles. The van der Waals surface area contributed by atoms with Gasteiger partial charge in [0.1, 0.15) is 5.15 Å². The number of aryl methyl sites for hydroxylation is 1. The fourth-order valence-corrected chi connectivity index (χ4v) is 5.02. The number of carbonyl (C=O) groups excluding carboxylic acids is 1. The quantitative estimate of drug-likeness (QED) is 0.202. The second-order valence-electron chi connectivity index (χ2n) is 9.55. The number of nitrogens with one attached hydrogen (secondary N) is 1. The number of nitrogens with zero attached hydrogens (tertiary/aromatic N) is 3. The van der Waals surface area contributed by atoms with Crippen LogP contribution in [0.4, 0.5) is 22.4 Å². The van der Waals surface area contributed by atoms with Gasteiger partial charge in [-0.2, -0.15) is 0 Å². The summed E-state index contributed by atoms with van der Waals surface area (Å²) in [5.74, 6) is -2.16. The van der Waals surface area contributed by atoms with E-state index in [-0.39, 0.29) is 17.2 Å². The van der Waals surface area contributed by atoms with Crippen molar-refractivity contribution < 1.29 is 27.1 Å². The van der Waals surface area contributed by atoms with Crippen LogP contribution in [-0.2, 0) is 19.5 Å². The van der Waals surface area contributed by atoms with Crippen molar-refractivity contribution >= 4 is 34.6 Å². The Hall–Kier alpha value is -3.89. The summed E-state index contributed by atoms with van der Waals surface area (Å²) in [5.41, 5.74) is 4.35. The van der Waals surface area contributed by atoms with Gasteiger partial charge in [-0.25, -0.2) is 14.2 Å². The number of pyridine rings is 1. The minimum absolute atomic E-state index is 0.110. The molecule has 3 heterocycles. The van der Waals surface area contributed by atoms with Crippen LogP contribution in [0.15, 0.2) is 60.8 Å². The molecule has 5 rings (SSSR count). The normalized spacial score (nSPS) is 14.1. The third kappa shape index (κ3) is 6.29. The van der Waals surface area contributed by atoms with Crippen molar-refractivity contribution in [2.45, 2.75) is 32.8 Å². The molecule has 0 bridgehead atoms. The Labute approximate surface area is 232 Å². The summed E-state index contributed by atoms with van der Waals surface area (Å²) in [6.45, 7) is 3.73. The summed E-state index contributed by atoms with van der Waals surface area (Å²) in [7, 11) is 0. The van der Waals surface area contributed by atoms with E-state index in [1.807, 2.05) is 43.3 Å². The van der Waals surface area contributed by atoms with Crippen LogP contribution < -0.4 is 10.1 Å². The lowest BCUT2D eigenvalue weighted by Crippen LogP contribution is -2.34. The summed E-state index contributed by atoms with van der Waals surface area (Å²) in [5, 5.41) is 3.40. The number of halogens is 5. The van der Waals surface area contributed by atoms with E-state index in [1.54, 1.807) is 12.1 Å². The maximum absolute atomic E-state index is 14.8. The Morgan fingerprint density at radius 2 is 1.95 bits per heavy atom. The molecule has 0 saturated heterocycles. The molecule has 208 valence electrons. The van der Waals surface area contributed by atoms with Gasteiger partial charge in [-0.1, -0.05) is 53.6 Å². The van der Waals surface area contributed by atoms with Crippen molar-refractivity contribution in [3.8, 4) is 5.75 Å². The molecule has 0 radical (unpaired) electrons. The number of rotatable bonds is 6. The van der Waals surface area contributed by atoms with Gasteiger partial charge in [0, 0.05) is 55.9 Å². The van der Waals surface area contributed by atoms with Gasteiger partial charge in [0.25, 0.3) is 0 Å². The number of fused-ring (bicyclic) bond motifs is 3. The Balaban J connectivity index is 1.45. The second-order valence-corrected chi connectivity index (χ2v) is 9.94. The first kappa shape index (κ1) is 27.7. The lowest BCUT2D eigenvalue weighted by molar-refractivity contribution is -0.275. The average molecular weight is 573 g/mol. The molecule has 11 heteroatoms. The van der Waals surface area contributed by atoms with E-state index >= 15 is 0 Å².